The number of sulfonamides is 1. The van der Waals surface area contributed by atoms with E-state index in [1.54, 1.807) is 19.1 Å². The van der Waals surface area contributed by atoms with Crippen LogP contribution in [0.25, 0.3) is 0 Å². The molecule has 4 nitrogen and oxygen atoms in total. The third-order valence-electron chi connectivity index (χ3n) is 3.50. The van der Waals surface area contributed by atoms with Gasteiger partial charge in [0.15, 0.2) is 0 Å². The van der Waals surface area contributed by atoms with Gasteiger partial charge in [-0.15, -0.1) is 0 Å². The molecule has 0 aliphatic carbocycles. The Bertz CT molecular complexity index is 740. The molecule has 21 heavy (non-hydrogen) atoms. The van der Waals surface area contributed by atoms with Crippen molar-refractivity contribution >= 4 is 15.7 Å². The fourth-order valence-electron chi connectivity index (χ4n) is 2.11. The van der Waals surface area contributed by atoms with Crippen LogP contribution in [0.1, 0.15) is 16.7 Å². The number of nitrogen functional groups attached to an aromatic ring is 1. The molecule has 0 bridgehead atoms. The first-order chi connectivity index (χ1) is 9.90. The Balaban J connectivity index is 2.05. The van der Waals surface area contributed by atoms with Gasteiger partial charge in [0, 0.05) is 12.2 Å². The quantitative estimate of drug-likeness (QED) is 0.833. The highest BCUT2D eigenvalue weighted by atomic mass is 32.2. The summed E-state index contributed by atoms with van der Waals surface area (Å²) >= 11 is 0. The maximum Gasteiger partial charge on any atom is 0.240 e. The maximum atomic E-state index is 12.2. The Labute approximate surface area is 126 Å². The largest absolute Gasteiger partial charge is 0.399 e. The predicted octanol–water partition coefficient (Wildman–Crippen LogP) is 2.41. The molecule has 2 aromatic rings. The van der Waals surface area contributed by atoms with E-state index in [-0.39, 0.29) is 4.90 Å². The van der Waals surface area contributed by atoms with E-state index in [9.17, 15) is 8.42 Å². The monoisotopic (exact) mass is 304 g/mol. The Kier molecular flexibility index (Phi) is 4.65. The van der Waals surface area contributed by atoms with E-state index in [0.717, 1.165) is 11.1 Å². The first-order valence-corrected chi connectivity index (χ1v) is 8.29. The molecule has 0 saturated heterocycles. The van der Waals surface area contributed by atoms with Gasteiger partial charge < -0.3 is 5.73 Å². The van der Waals surface area contributed by atoms with Crippen LogP contribution in [0, 0.1) is 13.8 Å². The first-order valence-electron chi connectivity index (χ1n) is 6.80. The summed E-state index contributed by atoms with van der Waals surface area (Å²) in [6.45, 7) is 4.19. The third-order valence-corrected chi connectivity index (χ3v) is 4.96. The van der Waals surface area contributed by atoms with E-state index >= 15 is 0 Å². The lowest BCUT2D eigenvalue weighted by molar-refractivity contribution is 0.581. The molecule has 0 unspecified atom stereocenters. The molecule has 0 amide bonds. The molecule has 5 heteroatoms. The van der Waals surface area contributed by atoms with Crippen LogP contribution in [0.15, 0.2) is 47.4 Å². The van der Waals surface area contributed by atoms with Crippen molar-refractivity contribution in [2.45, 2.75) is 25.2 Å². The zero-order valence-corrected chi connectivity index (χ0v) is 13.1. The van der Waals surface area contributed by atoms with Gasteiger partial charge in [-0.1, -0.05) is 24.3 Å². The number of nitrogens with one attached hydrogen (secondary N) is 1. The Hall–Kier alpha value is -1.85. The summed E-state index contributed by atoms with van der Waals surface area (Å²) in [5.74, 6) is 0. The molecule has 0 saturated carbocycles. The standard InChI is InChI=1S/C16H20N2O2S/c1-12-5-3-4-6-14(12)9-10-18-21(19,20)15-7-8-16(17)13(2)11-15/h3-8,11,18H,9-10,17H2,1-2H3. The van der Waals surface area contributed by atoms with Crippen LogP contribution in [-0.4, -0.2) is 15.0 Å². The second-order valence-electron chi connectivity index (χ2n) is 5.09. The lowest BCUT2D eigenvalue weighted by atomic mass is 10.1. The Morgan fingerprint density at radius 3 is 2.43 bits per heavy atom. The van der Waals surface area contributed by atoms with Crippen LogP contribution < -0.4 is 10.5 Å². The third kappa shape index (κ3) is 3.83. The van der Waals surface area contributed by atoms with Gasteiger partial charge >= 0.3 is 0 Å². The molecular formula is C16H20N2O2S. The van der Waals surface area contributed by atoms with Crippen molar-refractivity contribution in [1.82, 2.24) is 4.72 Å². The number of hydrogen-bond acceptors (Lipinski definition) is 3. The normalized spacial score (nSPS) is 11.5. The highest BCUT2D eigenvalue weighted by Crippen LogP contribution is 2.16. The SMILES string of the molecule is Cc1cc(S(=O)(=O)NCCc2ccccc2C)ccc1N. The van der Waals surface area contributed by atoms with E-state index in [4.69, 9.17) is 5.73 Å². The van der Waals surface area contributed by atoms with Crippen LogP contribution in [0.3, 0.4) is 0 Å². The van der Waals surface area contributed by atoms with Crippen LogP contribution >= 0.6 is 0 Å². The summed E-state index contributed by atoms with van der Waals surface area (Å²) < 4.78 is 27.1. The van der Waals surface area contributed by atoms with E-state index in [1.165, 1.54) is 11.6 Å². The lowest BCUT2D eigenvalue weighted by Crippen LogP contribution is -2.26. The summed E-state index contributed by atoms with van der Waals surface area (Å²) in [5, 5.41) is 0. The molecule has 0 aliphatic heterocycles. The van der Waals surface area contributed by atoms with Crippen LogP contribution in [-0.2, 0) is 16.4 Å². The van der Waals surface area contributed by atoms with Crippen LogP contribution in [0.5, 0.6) is 0 Å². The molecule has 2 rings (SSSR count). The van der Waals surface area contributed by atoms with E-state index in [2.05, 4.69) is 4.72 Å². The van der Waals surface area contributed by atoms with Gasteiger partial charge in [-0.25, -0.2) is 13.1 Å². The average molecular weight is 304 g/mol. The average Bonchev–Trinajstić information content (AvgIpc) is 2.44. The second kappa shape index (κ2) is 6.28. The maximum absolute atomic E-state index is 12.2. The van der Waals surface area contributed by atoms with Crippen molar-refractivity contribution in [1.29, 1.82) is 0 Å². The number of rotatable bonds is 5. The van der Waals surface area contributed by atoms with Gasteiger partial charge in [0.2, 0.25) is 10.0 Å². The summed E-state index contributed by atoms with van der Waals surface area (Å²) in [5.41, 5.74) is 9.38. The highest BCUT2D eigenvalue weighted by Gasteiger charge is 2.14. The molecule has 112 valence electrons. The minimum absolute atomic E-state index is 0.249. The van der Waals surface area contributed by atoms with Crippen molar-refractivity contribution in [2.24, 2.45) is 0 Å². The first kappa shape index (κ1) is 15.5. The van der Waals surface area contributed by atoms with Crippen molar-refractivity contribution in [3.63, 3.8) is 0 Å². The molecular weight excluding hydrogens is 284 g/mol. The highest BCUT2D eigenvalue weighted by molar-refractivity contribution is 7.89. The van der Waals surface area contributed by atoms with Gasteiger partial charge in [-0.3, -0.25) is 0 Å². The van der Waals surface area contributed by atoms with Gasteiger partial charge in [-0.05, 0) is 55.2 Å². The molecule has 3 N–H and O–H groups in total. The molecule has 0 radical (unpaired) electrons. The zero-order valence-electron chi connectivity index (χ0n) is 12.3. The number of anilines is 1. The molecule has 2 aromatic carbocycles. The zero-order chi connectivity index (χ0) is 15.5. The van der Waals surface area contributed by atoms with Crippen molar-refractivity contribution in [3.05, 3.63) is 59.2 Å². The molecule has 0 aromatic heterocycles. The molecule has 0 spiro atoms. The van der Waals surface area contributed by atoms with Crippen molar-refractivity contribution < 1.29 is 8.42 Å². The topological polar surface area (TPSA) is 72.2 Å². The van der Waals surface area contributed by atoms with E-state index < -0.39 is 10.0 Å². The number of aryl methyl sites for hydroxylation is 2. The minimum Gasteiger partial charge on any atom is -0.399 e. The Morgan fingerprint density at radius 1 is 1.05 bits per heavy atom. The van der Waals surface area contributed by atoms with Gasteiger partial charge in [-0.2, -0.15) is 0 Å². The van der Waals surface area contributed by atoms with Crippen LogP contribution in [0.2, 0.25) is 0 Å². The molecule has 0 fully saturated rings. The fraction of sp³-hybridized carbons (Fsp3) is 0.250. The summed E-state index contributed by atoms with van der Waals surface area (Å²) in [6, 6.07) is 12.7. The summed E-state index contributed by atoms with van der Waals surface area (Å²) in [4.78, 5) is 0.249. The molecule has 0 aliphatic rings. The number of hydrogen-bond donors (Lipinski definition) is 2. The fourth-order valence-corrected chi connectivity index (χ4v) is 3.23. The summed E-state index contributed by atoms with van der Waals surface area (Å²) in [7, 11) is -3.49. The van der Waals surface area contributed by atoms with E-state index in [1.807, 2.05) is 31.2 Å². The van der Waals surface area contributed by atoms with Gasteiger partial charge in [0.1, 0.15) is 0 Å². The van der Waals surface area contributed by atoms with Crippen molar-refractivity contribution in [2.75, 3.05) is 12.3 Å². The minimum atomic E-state index is -3.49. The molecule has 0 atom stereocenters. The predicted molar refractivity (Wildman–Crippen MR) is 85.7 cm³/mol. The van der Waals surface area contributed by atoms with E-state index in [0.29, 0.717) is 18.7 Å². The lowest BCUT2D eigenvalue weighted by Gasteiger charge is -2.09. The number of benzene rings is 2. The summed E-state index contributed by atoms with van der Waals surface area (Å²) in [6.07, 6.45) is 0.667. The Morgan fingerprint density at radius 2 is 1.76 bits per heavy atom. The smallest absolute Gasteiger partial charge is 0.240 e. The van der Waals surface area contributed by atoms with Gasteiger partial charge in [0.05, 0.1) is 4.90 Å². The second-order valence-corrected chi connectivity index (χ2v) is 6.86. The number of nitrogens with two attached hydrogens (primary N) is 1. The van der Waals surface area contributed by atoms with Crippen LogP contribution in [0.4, 0.5) is 5.69 Å². The molecule has 0 heterocycles. The van der Waals surface area contributed by atoms with Crippen molar-refractivity contribution in [3.8, 4) is 0 Å². The van der Waals surface area contributed by atoms with Gasteiger partial charge in [0.25, 0.3) is 0 Å².